The van der Waals surface area contributed by atoms with Crippen molar-refractivity contribution >= 4 is 21.6 Å². The molecule has 0 radical (unpaired) electrons. The summed E-state index contributed by atoms with van der Waals surface area (Å²) < 4.78 is 60.9. The van der Waals surface area contributed by atoms with Crippen molar-refractivity contribution < 1.29 is 22.2 Å². The smallest absolute Gasteiger partial charge is 0.305 e. The first-order valence-electron chi connectivity index (χ1n) is 9.84. The van der Waals surface area contributed by atoms with Gasteiger partial charge < -0.3 is 5.32 Å². The minimum absolute atomic E-state index is 0.199. The maximum atomic E-state index is 14.5. The van der Waals surface area contributed by atoms with Crippen molar-refractivity contribution in [1.29, 1.82) is 0 Å². The molecule has 30 heavy (non-hydrogen) atoms. The molecule has 3 N–H and O–H groups in total. The Bertz CT molecular complexity index is 1210. The molecule has 5 rings (SSSR count). The van der Waals surface area contributed by atoms with Gasteiger partial charge in [0, 0.05) is 18.7 Å². The Hall–Kier alpha value is -2.40. The number of aromatic nitrogens is 2. The quantitative estimate of drug-likeness (QED) is 0.749. The van der Waals surface area contributed by atoms with Gasteiger partial charge in [0.15, 0.2) is 0 Å². The zero-order valence-corrected chi connectivity index (χ0v) is 16.8. The van der Waals surface area contributed by atoms with Crippen molar-refractivity contribution in [2.24, 2.45) is 9.50 Å². The van der Waals surface area contributed by atoms with E-state index < -0.39 is 38.9 Å². The van der Waals surface area contributed by atoms with Crippen LogP contribution in [0.25, 0.3) is 0 Å². The highest BCUT2D eigenvalue weighted by molar-refractivity contribution is 7.91. The maximum absolute atomic E-state index is 14.5. The van der Waals surface area contributed by atoms with Gasteiger partial charge in [0.1, 0.15) is 26.3 Å². The number of urea groups is 1. The van der Waals surface area contributed by atoms with Gasteiger partial charge in [-0.1, -0.05) is 0 Å². The lowest BCUT2D eigenvalue weighted by Crippen LogP contribution is -2.29. The molecule has 2 heterocycles. The van der Waals surface area contributed by atoms with Crippen molar-refractivity contribution in [3.05, 3.63) is 40.0 Å². The van der Waals surface area contributed by atoms with Crippen LogP contribution in [0.2, 0.25) is 0 Å². The predicted octanol–water partition coefficient (Wildman–Crippen LogP) is 3.43. The number of halogens is 3. The second-order valence-corrected chi connectivity index (χ2v) is 9.70. The van der Waals surface area contributed by atoms with Crippen LogP contribution in [-0.2, 0) is 48.1 Å². The first kappa shape index (κ1) is 19.6. The van der Waals surface area contributed by atoms with Crippen LogP contribution in [0, 0.1) is 5.82 Å². The van der Waals surface area contributed by atoms with Crippen LogP contribution >= 0.6 is 0 Å². The monoisotopic (exact) mass is 439 g/mol. The number of alkyl halides is 2. The van der Waals surface area contributed by atoms with E-state index in [4.69, 9.17) is 5.14 Å². The van der Waals surface area contributed by atoms with Gasteiger partial charge in [-0.15, -0.1) is 4.36 Å². The number of hydrogen-bond acceptors (Lipinski definition) is 3. The predicted molar refractivity (Wildman–Crippen MR) is 103 cm³/mol. The number of aryl methyl sites for hydroxylation is 1. The minimum Gasteiger partial charge on any atom is -0.305 e. The molecule has 0 fully saturated rings. The molecule has 11 heteroatoms. The van der Waals surface area contributed by atoms with Crippen molar-refractivity contribution in [1.82, 2.24) is 9.78 Å². The van der Waals surface area contributed by atoms with Crippen LogP contribution < -0.4 is 10.5 Å². The molecular formula is C19H20F3N5O2S. The first-order chi connectivity index (χ1) is 14.2. The Kier molecular flexibility index (Phi) is 4.27. The average molecular weight is 439 g/mol. The van der Waals surface area contributed by atoms with E-state index in [2.05, 4.69) is 14.8 Å². The lowest BCUT2D eigenvalue weighted by Gasteiger charge is -2.26. The zero-order valence-electron chi connectivity index (χ0n) is 16.0. The van der Waals surface area contributed by atoms with Gasteiger partial charge in [0.2, 0.25) is 0 Å². The topological polar surface area (TPSA) is 102 Å². The van der Waals surface area contributed by atoms with E-state index in [1.807, 2.05) is 0 Å². The summed E-state index contributed by atoms with van der Waals surface area (Å²) in [6.07, 6.45) is 4.02. The Morgan fingerprint density at radius 1 is 1.17 bits per heavy atom. The Balaban J connectivity index is 1.51. The minimum atomic E-state index is -3.95. The molecule has 2 amide bonds. The van der Waals surface area contributed by atoms with E-state index in [-0.39, 0.29) is 18.8 Å². The Morgan fingerprint density at radius 2 is 1.83 bits per heavy atom. The fraction of sp³-hybridized carbons (Fsp3) is 0.474. The van der Waals surface area contributed by atoms with Gasteiger partial charge in [0.25, 0.3) is 5.92 Å². The molecule has 1 unspecified atom stereocenters. The molecule has 1 aromatic carbocycles. The number of fused-ring (bicyclic) bond motifs is 3. The van der Waals surface area contributed by atoms with Crippen molar-refractivity contribution in [2.45, 2.75) is 62.3 Å². The number of benzene rings is 1. The number of nitrogens with two attached hydrogens (primary N) is 1. The van der Waals surface area contributed by atoms with Gasteiger partial charge >= 0.3 is 6.03 Å². The van der Waals surface area contributed by atoms with E-state index in [0.717, 1.165) is 28.4 Å². The zero-order chi connectivity index (χ0) is 21.3. The van der Waals surface area contributed by atoms with Crippen molar-refractivity contribution in [3.8, 4) is 0 Å². The van der Waals surface area contributed by atoms with Gasteiger partial charge in [-0.25, -0.2) is 18.5 Å². The number of hydrogen-bond donors (Lipinski definition) is 2. The summed E-state index contributed by atoms with van der Waals surface area (Å²) in [6, 6.07) is -1.00. The van der Waals surface area contributed by atoms with Crippen LogP contribution in [0.5, 0.6) is 0 Å². The third kappa shape index (κ3) is 2.86. The molecule has 2 aromatic rings. The van der Waals surface area contributed by atoms with Crippen LogP contribution in [0.3, 0.4) is 0 Å². The van der Waals surface area contributed by atoms with E-state index in [9.17, 15) is 22.2 Å². The summed E-state index contributed by atoms with van der Waals surface area (Å²) in [5.41, 5.74) is 2.58. The van der Waals surface area contributed by atoms with E-state index >= 15 is 0 Å². The summed E-state index contributed by atoms with van der Waals surface area (Å²) >= 11 is 0. The molecular weight excluding hydrogens is 419 g/mol. The fourth-order valence-corrected chi connectivity index (χ4v) is 5.78. The molecule has 0 bridgehead atoms. The molecule has 7 nitrogen and oxygen atoms in total. The fourth-order valence-electron chi connectivity index (χ4n) is 4.66. The van der Waals surface area contributed by atoms with E-state index in [1.165, 1.54) is 0 Å². The third-order valence-corrected chi connectivity index (χ3v) is 7.49. The summed E-state index contributed by atoms with van der Waals surface area (Å²) in [7, 11) is -3.95. The van der Waals surface area contributed by atoms with E-state index in [1.54, 1.807) is 0 Å². The third-order valence-electron chi connectivity index (χ3n) is 6.12. The number of rotatable bonds is 2. The van der Waals surface area contributed by atoms with Gasteiger partial charge in [-0.05, 0) is 60.8 Å². The summed E-state index contributed by atoms with van der Waals surface area (Å²) in [6.45, 7) is 0.250. The number of anilines is 1. The first-order valence-corrected chi connectivity index (χ1v) is 11.4. The number of carbonyl (C=O) groups is 1. The largest absolute Gasteiger partial charge is 0.354 e. The summed E-state index contributed by atoms with van der Waals surface area (Å²) in [5, 5.41) is 12.2. The summed E-state index contributed by atoms with van der Waals surface area (Å²) in [4.78, 5) is 12.1. The molecule has 0 saturated heterocycles. The molecule has 1 atom stereocenters. The Morgan fingerprint density at radius 3 is 2.57 bits per heavy atom. The van der Waals surface area contributed by atoms with Crippen molar-refractivity contribution in [3.63, 3.8) is 0 Å². The molecule has 0 saturated carbocycles. The molecule has 160 valence electrons. The average Bonchev–Trinajstić information content (AvgIpc) is 3.26. The standard InChI is InChI=1S/C19H20F3N5O2S/c20-15-10-3-1-4-12(10)16(13-6-5-11(13)15)25-18(28)26-30(23,29)14-9-24-27-8-2-7-19(21,22)17(14)27/h9H,1-8H2,(H3,23,25,26,28,29). The molecule has 1 aliphatic heterocycles. The van der Waals surface area contributed by atoms with Crippen LogP contribution in [0.4, 0.5) is 23.7 Å². The lowest BCUT2D eigenvalue weighted by atomic mass is 9.83. The lowest BCUT2D eigenvalue weighted by molar-refractivity contribution is -0.0393. The molecule has 2 aliphatic carbocycles. The van der Waals surface area contributed by atoms with Crippen molar-refractivity contribution in [2.75, 3.05) is 5.32 Å². The number of carbonyl (C=O) groups excluding carboxylic acids is 1. The maximum Gasteiger partial charge on any atom is 0.354 e. The van der Waals surface area contributed by atoms with Crippen LogP contribution in [-0.4, -0.2) is 20.0 Å². The molecule has 0 spiro atoms. The highest BCUT2D eigenvalue weighted by Gasteiger charge is 2.42. The normalized spacial score (nSPS) is 20.4. The van der Waals surface area contributed by atoms with Gasteiger partial charge in [-0.3, -0.25) is 4.68 Å². The highest BCUT2D eigenvalue weighted by Crippen LogP contribution is 2.42. The highest BCUT2D eigenvalue weighted by atomic mass is 32.2. The molecule has 1 aromatic heterocycles. The number of amides is 2. The van der Waals surface area contributed by atoms with Gasteiger partial charge in [0.05, 0.1) is 6.20 Å². The second kappa shape index (κ2) is 6.55. The number of nitrogens with one attached hydrogen (secondary N) is 1. The van der Waals surface area contributed by atoms with E-state index in [0.29, 0.717) is 42.5 Å². The second-order valence-electron chi connectivity index (χ2n) is 7.94. The Labute approximate surface area is 171 Å². The van der Waals surface area contributed by atoms with Crippen LogP contribution in [0.15, 0.2) is 15.5 Å². The molecule has 3 aliphatic rings. The van der Waals surface area contributed by atoms with Gasteiger partial charge in [-0.2, -0.15) is 13.9 Å². The summed E-state index contributed by atoms with van der Waals surface area (Å²) in [5.74, 6) is -3.45. The van der Waals surface area contributed by atoms with Crippen LogP contribution in [0.1, 0.15) is 47.2 Å². The number of nitrogens with zero attached hydrogens (tertiary/aromatic N) is 3. The SMILES string of the molecule is NS(=O)(=NC(=O)Nc1c2c(c(F)c3c1CC3)CCC2)c1cnn2c1C(F)(F)CCC2.